The molecule has 0 saturated heterocycles. The molecule has 2 rings (SSSR count). The maximum atomic E-state index is 9.36. The first-order chi connectivity index (χ1) is 9.04. The number of aromatic nitrogens is 2. The molecule has 0 aliphatic rings. The number of hydrogen-bond acceptors (Lipinski definition) is 4. The van der Waals surface area contributed by atoms with Crippen molar-refractivity contribution in [2.24, 2.45) is 0 Å². The molecule has 4 heteroatoms. The van der Waals surface area contributed by atoms with E-state index in [1.807, 2.05) is 51.0 Å². The largest absolute Gasteiger partial charge is 0.362 e. The van der Waals surface area contributed by atoms with Gasteiger partial charge in [-0.05, 0) is 37.6 Å². The first kappa shape index (κ1) is 13.0. The van der Waals surface area contributed by atoms with Crippen molar-refractivity contribution in [3.63, 3.8) is 0 Å². The minimum atomic E-state index is 0.613. The summed E-state index contributed by atoms with van der Waals surface area (Å²) >= 11 is 0. The van der Waals surface area contributed by atoms with Gasteiger partial charge in [0.2, 0.25) is 0 Å². The van der Waals surface area contributed by atoms with Gasteiger partial charge >= 0.3 is 0 Å². The Morgan fingerprint density at radius 3 is 2.63 bits per heavy atom. The van der Waals surface area contributed by atoms with E-state index in [9.17, 15) is 5.26 Å². The summed E-state index contributed by atoms with van der Waals surface area (Å²) < 4.78 is 0. The van der Waals surface area contributed by atoms with E-state index < -0.39 is 0 Å². The molecule has 0 aliphatic heterocycles. The van der Waals surface area contributed by atoms with E-state index in [0.717, 1.165) is 22.6 Å². The van der Waals surface area contributed by atoms with Gasteiger partial charge in [0.05, 0.1) is 11.3 Å². The summed E-state index contributed by atoms with van der Waals surface area (Å²) in [6, 6.07) is 7.98. The van der Waals surface area contributed by atoms with Gasteiger partial charge in [0.1, 0.15) is 11.9 Å². The fourth-order valence-electron chi connectivity index (χ4n) is 2.11. The Labute approximate surface area is 113 Å². The maximum absolute atomic E-state index is 9.36. The smallest absolute Gasteiger partial charge is 0.137 e. The van der Waals surface area contributed by atoms with Crippen LogP contribution in [0.3, 0.4) is 0 Å². The third-order valence-corrected chi connectivity index (χ3v) is 2.92. The lowest BCUT2D eigenvalue weighted by Gasteiger charge is -2.16. The van der Waals surface area contributed by atoms with E-state index in [2.05, 4.69) is 16.0 Å². The van der Waals surface area contributed by atoms with Crippen LogP contribution in [0.25, 0.3) is 11.3 Å². The molecular weight excluding hydrogens is 236 g/mol. The Bertz CT molecular complexity index is 654. The molecule has 2 heterocycles. The molecule has 0 bridgehead atoms. The van der Waals surface area contributed by atoms with E-state index in [0.29, 0.717) is 11.3 Å². The normalized spacial score (nSPS) is 10.1. The van der Waals surface area contributed by atoms with Crippen molar-refractivity contribution in [2.75, 3.05) is 19.0 Å². The van der Waals surface area contributed by atoms with Crippen molar-refractivity contribution in [1.29, 1.82) is 5.26 Å². The van der Waals surface area contributed by atoms with E-state index in [1.54, 1.807) is 6.20 Å². The highest BCUT2D eigenvalue weighted by atomic mass is 15.1. The summed E-state index contributed by atoms with van der Waals surface area (Å²) in [6.07, 6.45) is 1.74. The Kier molecular flexibility index (Phi) is 3.48. The van der Waals surface area contributed by atoms with Gasteiger partial charge in [0.25, 0.3) is 0 Å². The van der Waals surface area contributed by atoms with Gasteiger partial charge in [0, 0.05) is 31.5 Å². The molecule has 0 spiro atoms. The standard InChI is InChI=1S/C15H16N4/c1-10-8-11(2)18-14(13(10)9-16)12-6-5-7-17-15(12)19(3)4/h5-8H,1-4H3. The lowest BCUT2D eigenvalue weighted by Crippen LogP contribution is -2.12. The second kappa shape index (κ2) is 5.07. The lowest BCUT2D eigenvalue weighted by atomic mass is 10.0. The van der Waals surface area contributed by atoms with E-state index in [1.165, 1.54) is 0 Å². The topological polar surface area (TPSA) is 52.8 Å². The molecule has 19 heavy (non-hydrogen) atoms. The van der Waals surface area contributed by atoms with Crippen LogP contribution in [-0.2, 0) is 0 Å². The zero-order chi connectivity index (χ0) is 14.0. The SMILES string of the molecule is Cc1cc(C)c(C#N)c(-c2cccnc2N(C)C)n1. The van der Waals surface area contributed by atoms with E-state index in [-0.39, 0.29) is 0 Å². The van der Waals surface area contributed by atoms with Crippen LogP contribution in [0.2, 0.25) is 0 Å². The van der Waals surface area contributed by atoms with Crippen LogP contribution in [0.1, 0.15) is 16.8 Å². The quantitative estimate of drug-likeness (QED) is 0.824. The zero-order valence-corrected chi connectivity index (χ0v) is 11.6. The molecule has 0 saturated carbocycles. The van der Waals surface area contributed by atoms with Crippen LogP contribution in [0.4, 0.5) is 5.82 Å². The molecule has 0 unspecified atom stereocenters. The predicted octanol–water partition coefficient (Wildman–Crippen LogP) is 2.70. The van der Waals surface area contributed by atoms with Crippen molar-refractivity contribution < 1.29 is 0 Å². The lowest BCUT2D eigenvalue weighted by molar-refractivity contribution is 1.06. The molecule has 0 atom stereocenters. The summed E-state index contributed by atoms with van der Waals surface area (Å²) in [7, 11) is 3.86. The fourth-order valence-corrected chi connectivity index (χ4v) is 2.11. The highest BCUT2D eigenvalue weighted by molar-refractivity contribution is 5.77. The van der Waals surface area contributed by atoms with E-state index in [4.69, 9.17) is 0 Å². The van der Waals surface area contributed by atoms with Crippen LogP contribution in [0.5, 0.6) is 0 Å². The minimum absolute atomic E-state index is 0.613. The fraction of sp³-hybridized carbons (Fsp3) is 0.267. The number of hydrogen-bond donors (Lipinski definition) is 0. The molecule has 96 valence electrons. The second-order valence-corrected chi connectivity index (χ2v) is 4.68. The zero-order valence-electron chi connectivity index (χ0n) is 11.6. The van der Waals surface area contributed by atoms with Gasteiger partial charge in [-0.25, -0.2) is 4.98 Å². The molecule has 0 N–H and O–H groups in total. The Hall–Kier alpha value is -2.41. The average Bonchev–Trinajstić information content (AvgIpc) is 2.37. The third-order valence-electron chi connectivity index (χ3n) is 2.92. The molecule has 2 aromatic rings. The van der Waals surface area contributed by atoms with Crippen LogP contribution in [-0.4, -0.2) is 24.1 Å². The summed E-state index contributed by atoms with van der Waals surface area (Å²) in [5.41, 5.74) is 4.05. The van der Waals surface area contributed by atoms with Crippen molar-refractivity contribution in [2.45, 2.75) is 13.8 Å². The molecule has 0 amide bonds. The Morgan fingerprint density at radius 1 is 1.26 bits per heavy atom. The monoisotopic (exact) mass is 252 g/mol. The van der Waals surface area contributed by atoms with Gasteiger partial charge in [0.15, 0.2) is 0 Å². The van der Waals surface area contributed by atoms with Crippen LogP contribution in [0.15, 0.2) is 24.4 Å². The number of anilines is 1. The number of rotatable bonds is 2. The number of aryl methyl sites for hydroxylation is 2. The Morgan fingerprint density at radius 2 is 2.00 bits per heavy atom. The second-order valence-electron chi connectivity index (χ2n) is 4.68. The number of nitriles is 1. The molecular formula is C15H16N4. The molecule has 0 fully saturated rings. The van der Waals surface area contributed by atoms with Gasteiger partial charge in [-0.3, -0.25) is 4.98 Å². The van der Waals surface area contributed by atoms with Gasteiger partial charge in [-0.1, -0.05) is 0 Å². The van der Waals surface area contributed by atoms with Crippen LogP contribution in [0, 0.1) is 25.2 Å². The summed E-state index contributed by atoms with van der Waals surface area (Å²) in [4.78, 5) is 10.8. The predicted molar refractivity (Wildman–Crippen MR) is 76.0 cm³/mol. The van der Waals surface area contributed by atoms with Crippen molar-refractivity contribution in [3.8, 4) is 17.3 Å². The van der Waals surface area contributed by atoms with E-state index >= 15 is 0 Å². The van der Waals surface area contributed by atoms with Crippen LogP contribution < -0.4 is 4.90 Å². The average molecular weight is 252 g/mol. The number of pyridine rings is 2. The van der Waals surface area contributed by atoms with Gasteiger partial charge in [-0.15, -0.1) is 0 Å². The van der Waals surface area contributed by atoms with Gasteiger partial charge in [-0.2, -0.15) is 5.26 Å². The number of nitrogens with zero attached hydrogens (tertiary/aromatic N) is 4. The van der Waals surface area contributed by atoms with Crippen molar-refractivity contribution in [3.05, 3.63) is 41.2 Å². The molecule has 0 aromatic carbocycles. The highest BCUT2D eigenvalue weighted by Gasteiger charge is 2.15. The Balaban J connectivity index is 2.76. The summed E-state index contributed by atoms with van der Waals surface area (Å²) in [5, 5.41) is 9.36. The molecule has 0 aliphatic carbocycles. The molecule has 4 nitrogen and oxygen atoms in total. The third kappa shape index (κ3) is 2.41. The van der Waals surface area contributed by atoms with Crippen molar-refractivity contribution in [1.82, 2.24) is 9.97 Å². The minimum Gasteiger partial charge on any atom is -0.362 e. The summed E-state index contributed by atoms with van der Waals surface area (Å²) in [6.45, 7) is 3.87. The molecule has 2 aromatic heterocycles. The maximum Gasteiger partial charge on any atom is 0.137 e. The summed E-state index contributed by atoms with van der Waals surface area (Å²) in [5.74, 6) is 0.816. The van der Waals surface area contributed by atoms with Crippen molar-refractivity contribution >= 4 is 5.82 Å². The first-order valence-electron chi connectivity index (χ1n) is 6.05. The molecule has 0 radical (unpaired) electrons. The first-order valence-corrected chi connectivity index (χ1v) is 6.05. The van der Waals surface area contributed by atoms with Gasteiger partial charge < -0.3 is 4.90 Å². The highest BCUT2D eigenvalue weighted by Crippen LogP contribution is 2.30. The van der Waals surface area contributed by atoms with Crippen LogP contribution >= 0.6 is 0 Å².